The van der Waals surface area contributed by atoms with Gasteiger partial charge in [0.1, 0.15) is 0 Å². The second-order valence-corrected chi connectivity index (χ2v) is 4.36. The van der Waals surface area contributed by atoms with E-state index >= 15 is 0 Å². The third-order valence-electron chi connectivity index (χ3n) is 2.26. The maximum Gasteiger partial charge on any atom is 0.257 e. The van der Waals surface area contributed by atoms with Crippen LogP contribution in [0.15, 0.2) is 36.7 Å². The molecule has 0 bridgehead atoms. The first-order valence-electron chi connectivity index (χ1n) is 5.04. The molecular weight excluding hydrogens is 273 g/mol. The van der Waals surface area contributed by atoms with Crippen molar-refractivity contribution in [3.63, 3.8) is 0 Å². The van der Waals surface area contributed by atoms with Gasteiger partial charge in [-0.25, -0.2) is 0 Å². The first kappa shape index (κ1) is 12.7. The first-order chi connectivity index (χ1) is 8.58. The summed E-state index contributed by atoms with van der Waals surface area (Å²) in [5.74, 6) is -0.314. The van der Waals surface area contributed by atoms with E-state index in [1.54, 1.807) is 18.3 Å². The van der Waals surface area contributed by atoms with E-state index < -0.39 is 0 Å². The number of carbonyl (C=O) groups excluding carboxylic acids is 1. The van der Waals surface area contributed by atoms with E-state index in [1.807, 2.05) is 0 Å². The monoisotopic (exact) mass is 281 g/mol. The highest BCUT2D eigenvalue weighted by atomic mass is 35.5. The van der Waals surface area contributed by atoms with Gasteiger partial charge in [-0.3, -0.25) is 9.78 Å². The molecule has 0 radical (unpaired) electrons. The average molecular weight is 282 g/mol. The van der Waals surface area contributed by atoms with E-state index in [9.17, 15) is 4.79 Å². The smallest absolute Gasteiger partial charge is 0.257 e. The average Bonchev–Trinajstić information content (AvgIpc) is 2.37. The molecule has 0 aliphatic heterocycles. The van der Waals surface area contributed by atoms with Gasteiger partial charge >= 0.3 is 0 Å². The number of amides is 1. The standard InChI is InChI=1S/C12H9Cl2N3O/c13-8-5-11(9(14)4-10(8)15)17-12(18)7-2-1-3-16-6-7/h1-6H,15H2,(H,17,18). The van der Waals surface area contributed by atoms with Crippen LogP contribution < -0.4 is 11.1 Å². The van der Waals surface area contributed by atoms with Crippen LogP contribution >= 0.6 is 23.2 Å². The van der Waals surface area contributed by atoms with Crippen LogP contribution in [0, 0.1) is 0 Å². The summed E-state index contributed by atoms with van der Waals surface area (Å²) in [7, 11) is 0. The number of rotatable bonds is 2. The number of halogens is 2. The van der Waals surface area contributed by atoms with Crippen LogP contribution in [0.3, 0.4) is 0 Å². The SMILES string of the molecule is Nc1cc(Cl)c(NC(=O)c2cccnc2)cc1Cl. The first-order valence-corrected chi connectivity index (χ1v) is 5.79. The van der Waals surface area contributed by atoms with Crippen LogP contribution in [-0.2, 0) is 0 Å². The van der Waals surface area contributed by atoms with Gasteiger partial charge in [0.15, 0.2) is 0 Å². The Morgan fingerprint density at radius 3 is 2.72 bits per heavy atom. The van der Waals surface area contributed by atoms with E-state index in [0.29, 0.717) is 27.0 Å². The molecule has 0 saturated heterocycles. The lowest BCUT2D eigenvalue weighted by Crippen LogP contribution is -2.12. The van der Waals surface area contributed by atoms with Crippen LogP contribution in [0.4, 0.5) is 11.4 Å². The number of anilines is 2. The Labute approximate surface area is 114 Å². The molecule has 0 aliphatic carbocycles. The van der Waals surface area contributed by atoms with Gasteiger partial charge in [-0.05, 0) is 24.3 Å². The van der Waals surface area contributed by atoms with Crippen molar-refractivity contribution in [1.29, 1.82) is 0 Å². The summed E-state index contributed by atoms with van der Waals surface area (Å²) in [6.07, 6.45) is 3.05. The normalized spacial score (nSPS) is 10.1. The number of nitrogens with two attached hydrogens (primary N) is 1. The zero-order valence-corrected chi connectivity index (χ0v) is 10.7. The fourth-order valence-electron chi connectivity index (χ4n) is 1.35. The van der Waals surface area contributed by atoms with E-state index in [0.717, 1.165) is 0 Å². The van der Waals surface area contributed by atoms with Crippen molar-refractivity contribution in [2.24, 2.45) is 0 Å². The molecule has 0 fully saturated rings. The minimum absolute atomic E-state index is 0.314. The molecule has 0 saturated carbocycles. The van der Waals surface area contributed by atoms with Gasteiger partial charge in [0, 0.05) is 12.4 Å². The van der Waals surface area contributed by atoms with Gasteiger partial charge in [-0.1, -0.05) is 23.2 Å². The molecule has 2 rings (SSSR count). The molecule has 0 unspecified atom stereocenters. The number of hydrogen-bond acceptors (Lipinski definition) is 3. The Balaban J connectivity index is 2.25. The second-order valence-electron chi connectivity index (χ2n) is 3.55. The number of nitrogen functional groups attached to an aromatic ring is 1. The number of aromatic nitrogens is 1. The minimum Gasteiger partial charge on any atom is -0.397 e. The molecule has 2 aromatic rings. The molecule has 0 atom stereocenters. The van der Waals surface area contributed by atoms with Gasteiger partial charge in [-0.15, -0.1) is 0 Å². The van der Waals surface area contributed by atoms with E-state index in [2.05, 4.69) is 10.3 Å². The van der Waals surface area contributed by atoms with Crippen LogP contribution in [0.5, 0.6) is 0 Å². The summed E-state index contributed by atoms with van der Waals surface area (Å²) in [5.41, 5.74) is 6.79. The Kier molecular flexibility index (Phi) is 3.69. The van der Waals surface area contributed by atoms with Crippen molar-refractivity contribution < 1.29 is 4.79 Å². The molecule has 6 heteroatoms. The zero-order chi connectivity index (χ0) is 13.1. The van der Waals surface area contributed by atoms with E-state index in [1.165, 1.54) is 18.3 Å². The number of nitrogens with zero attached hydrogens (tertiary/aromatic N) is 1. The molecule has 4 nitrogen and oxygen atoms in total. The highest BCUT2D eigenvalue weighted by Crippen LogP contribution is 2.30. The van der Waals surface area contributed by atoms with Crippen LogP contribution in [0.1, 0.15) is 10.4 Å². The quantitative estimate of drug-likeness (QED) is 0.831. The molecular formula is C12H9Cl2N3O. The molecule has 3 N–H and O–H groups in total. The second kappa shape index (κ2) is 5.25. The topological polar surface area (TPSA) is 68.0 Å². The van der Waals surface area contributed by atoms with Crippen LogP contribution in [-0.4, -0.2) is 10.9 Å². The lowest BCUT2D eigenvalue weighted by molar-refractivity contribution is 0.102. The third-order valence-corrected chi connectivity index (χ3v) is 2.90. The Morgan fingerprint density at radius 1 is 1.28 bits per heavy atom. The highest BCUT2D eigenvalue weighted by Gasteiger charge is 2.10. The van der Waals surface area contributed by atoms with E-state index in [4.69, 9.17) is 28.9 Å². The fourth-order valence-corrected chi connectivity index (χ4v) is 1.73. The van der Waals surface area contributed by atoms with Crippen molar-refractivity contribution >= 4 is 40.5 Å². The Morgan fingerprint density at radius 2 is 2.06 bits per heavy atom. The maximum atomic E-state index is 11.9. The predicted molar refractivity (Wildman–Crippen MR) is 73.1 cm³/mol. The van der Waals surface area contributed by atoms with Gasteiger partial charge in [0.25, 0.3) is 5.91 Å². The van der Waals surface area contributed by atoms with Crippen LogP contribution in [0.25, 0.3) is 0 Å². The molecule has 1 aromatic carbocycles. The van der Waals surface area contributed by atoms with Crippen molar-refractivity contribution in [1.82, 2.24) is 4.98 Å². The molecule has 18 heavy (non-hydrogen) atoms. The van der Waals surface area contributed by atoms with Crippen LogP contribution in [0.2, 0.25) is 10.0 Å². The number of hydrogen-bond donors (Lipinski definition) is 2. The third kappa shape index (κ3) is 2.72. The molecule has 1 aromatic heterocycles. The van der Waals surface area contributed by atoms with E-state index in [-0.39, 0.29) is 5.91 Å². The summed E-state index contributed by atoms with van der Waals surface area (Å²) in [6.45, 7) is 0. The van der Waals surface area contributed by atoms with Crippen molar-refractivity contribution in [2.75, 3.05) is 11.1 Å². The fraction of sp³-hybridized carbons (Fsp3) is 0. The minimum atomic E-state index is -0.314. The molecule has 0 aliphatic rings. The summed E-state index contributed by atoms with van der Waals surface area (Å²) in [5, 5.41) is 3.31. The maximum absolute atomic E-state index is 11.9. The van der Waals surface area contributed by atoms with Crippen molar-refractivity contribution in [2.45, 2.75) is 0 Å². The Bertz CT molecular complexity index is 587. The van der Waals surface area contributed by atoms with Gasteiger partial charge < -0.3 is 11.1 Å². The van der Waals surface area contributed by atoms with Gasteiger partial charge in [0.2, 0.25) is 0 Å². The number of nitrogens with one attached hydrogen (secondary N) is 1. The lowest BCUT2D eigenvalue weighted by Gasteiger charge is -2.09. The molecule has 0 spiro atoms. The highest BCUT2D eigenvalue weighted by molar-refractivity contribution is 6.37. The largest absolute Gasteiger partial charge is 0.397 e. The molecule has 1 amide bonds. The van der Waals surface area contributed by atoms with Gasteiger partial charge in [-0.2, -0.15) is 0 Å². The molecule has 1 heterocycles. The van der Waals surface area contributed by atoms with Crippen molar-refractivity contribution in [3.05, 3.63) is 52.3 Å². The summed E-state index contributed by atoms with van der Waals surface area (Å²) < 4.78 is 0. The van der Waals surface area contributed by atoms with Crippen molar-refractivity contribution in [3.8, 4) is 0 Å². The lowest BCUT2D eigenvalue weighted by atomic mass is 10.2. The predicted octanol–water partition coefficient (Wildman–Crippen LogP) is 3.22. The summed E-state index contributed by atoms with van der Waals surface area (Å²) >= 11 is 11.8. The Hall–Kier alpha value is -1.78. The summed E-state index contributed by atoms with van der Waals surface area (Å²) in [4.78, 5) is 15.7. The number of pyridine rings is 1. The summed E-state index contributed by atoms with van der Waals surface area (Å²) in [6, 6.07) is 6.32. The number of benzene rings is 1. The molecule has 92 valence electrons. The van der Waals surface area contributed by atoms with Gasteiger partial charge in [0.05, 0.1) is 27.0 Å². The number of carbonyl (C=O) groups is 1. The zero-order valence-electron chi connectivity index (χ0n) is 9.15.